The lowest BCUT2D eigenvalue weighted by atomic mass is 9.91. The van der Waals surface area contributed by atoms with Crippen molar-refractivity contribution in [3.05, 3.63) is 45.8 Å². The van der Waals surface area contributed by atoms with Crippen molar-refractivity contribution in [2.24, 2.45) is 7.05 Å². The van der Waals surface area contributed by atoms with E-state index in [0.29, 0.717) is 11.4 Å². The Morgan fingerprint density at radius 2 is 1.77 bits per heavy atom. The van der Waals surface area contributed by atoms with Crippen LogP contribution in [0.25, 0.3) is 0 Å². The molecule has 26 heavy (non-hydrogen) atoms. The number of aromatic nitrogens is 2. The van der Waals surface area contributed by atoms with E-state index in [0.717, 1.165) is 0 Å². The molecule has 138 valence electrons. The first-order valence-electron chi connectivity index (χ1n) is 7.91. The highest BCUT2D eigenvalue weighted by Gasteiger charge is 2.36. The average molecular weight is 359 g/mol. The fourth-order valence-corrected chi connectivity index (χ4v) is 2.51. The summed E-state index contributed by atoms with van der Waals surface area (Å²) in [5.41, 5.74) is 0.103. The monoisotopic (exact) mass is 359 g/mol. The van der Waals surface area contributed by atoms with Gasteiger partial charge >= 0.3 is 5.69 Å². The van der Waals surface area contributed by atoms with E-state index < -0.39 is 16.2 Å². The number of nitrogens with one attached hydrogen (secondary N) is 2. The second-order valence-electron chi connectivity index (χ2n) is 6.89. The van der Waals surface area contributed by atoms with Gasteiger partial charge in [-0.25, -0.2) is 0 Å². The average Bonchev–Trinajstić information content (AvgIpc) is 2.84. The molecule has 0 spiro atoms. The maximum absolute atomic E-state index is 12.7. The van der Waals surface area contributed by atoms with E-state index in [1.165, 1.54) is 18.7 Å². The Hall–Kier alpha value is -3.23. The molecule has 2 N–H and O–H groups in total. The molecule has 0 bridgehead atoms. The minimum atomic E-state index is -0.651. The number of amides is 2. The Bertz CT molecular complexity index is 880. The lowest BCUT2D eigenvalue weighted by Gasteiger charge is -2.13. The molecule has 0 aliphatic carbocycles. The number of benzene rings is 1. The van der Waals surface area contributed by atoms with Gasteiger partial charge in [-0.2, -0.15) is 5.10 Å². The number of carbonyl (C=O) groups excluding carboxylic acids is 2. The Balaban J connectivity index is 2.40. The Labute approximate surface area is 150 Å². The number of rotatable bonds is 4. The first kappa shape index (κ1) is 19.1. The molecule has 0 fully saturated rings. The quantitative estimate of drug-likeness (QED) is 0.642. The molecular formula is C17H21N5O4. The highest BCUT2D eigenvalue weighted by Crippen LogP contribution is 2.33. The van der Waals surface area contributed by atoms with Crippen LogP contribution in [0.3, 0.4) is 0 Å². The van der Waals surface area contributed by atoms with Crippen molar-refractivity contribution < 1.29 is 14.5 Å². The zero-order valence-electron chi connectivity index (χ0n) is 15.3. The first-order valence-corrected chi connectivity index (χ1v) is 7.91. The number of nitro groups is 1. The first-order chi connectivity index (χ1) is 12.0. The van der Waals surface area contributed by atoms with Gasteiger partial charge in [0.15, 0.2) is 0 Å². The fraction of sp³-hybridized carbons (Fsp3) is 0.353. The van der Waals surface area contributed by atoms with Crippen molar-refractivity contribution >= 4 is 28.9 Å². The second-order valence-corrected chi connectivity index (χ2v) is 6.89. The summed E-state index contributed by atoms with van der Waals surface area (Å²) < 4.78 is 1.21. The van der Waals surface area contributed by atoms with Crippen molar-refractivity contribution in [1.29, 1.82) is 0 Å². The van der Waals surface area contributed by atoms with E-state index in [-0.39, 0.29) is 23.0 Å². The molecule has 0 aliphatic rings. The molecular weight excluding hydrogens is 338 g/mol. The zero-order valence-corrected chi connectivity index (χ0v) is 15.3. The third kappa shape index (κ3) is 4.05. The van der Waals surface area contributed by atoms with E-state index >= 15 is 0 Å². The van der Waals surface area contributed by atoms with Gasteiger partial charge in [0.05, 0.1) is 4.92 Å². The van der Waals surface area contributed by atoms with Crippen LogP contribution in [0, 0.1) is 10.1 Å². The Morgan fingerprint density at radius 3 is 2.27 bits per heavy atom. The van der Waals surface area contributed by atoms with Gasteiger partial charge in [-0.3, -0.25) is 24.4 Å². The minimum Gasteiger partial charge on any atom is -0.326 e. The Morgan fingerprint density at radius 1 is 1.19 bits per heavy atom. The number of anilines is 2. The van der Waals surface area contributed by atoms with Crippen molar-refractivity contribution in [3.8, 4) is 0 Å². The van der Waals surface area contributed by atoms with Crippen molar-refractivity contribution in [2.45, 2.75) is 33.1 Å². The van der Waals surface area contributed by atoms with Crippen LogP contribution >= 0.6 is 0 Å². The summed E-state index contributed by atoms with van der Waals surface area (Å²) in [6.07, 6.45) is 0. The number of carbonyl (C=O) groups is 2. The van der Waals surface area contributed by atoms with Gasteiger partial charge in [-0.15, -0.1) is 0 Å². The lowest BCUT2D eigenvalue weighted by molar-refractivity contribution is -0.386. The van der Waals surface area contributed by atoms with Gasteiger partial charge in [0.25, 0.3) is 5.91 Å². The van der Waals surface area contributed by atoms with Gasteiger partial charge < -0.3 is 10.6 Å². The van der Waals surface area contributed by atoms with Crippen LogP contribution in [0.4, 0.5) is 17.1 Å². The summed E-state index contributed by atoms with van der Waals surface area (Å²) in [5.74, 6) is -0.896. The topological polar surface area (TPSA) is 119 Å². The van der Waals surface area contributed by atoms with Crippen molar-refractivity contribution in [1.82, 2.24) is 9.78 Å². The van der Waals surface area contributed by atoms with Crippen LogP contribution in [0.5, 0.6) is 0 Å². The van der Waals surface area contributed by atoms with E-state index in [4.69, 9.17) is 0 Å². The maximum Gasteiger partial charge on any atom is 0.323 e. The molecule has 9 nitrogen and oxygen atoms in total. The van der Waals surface area contributed by atoms with Gasteiger partial charge in [-0.05, 0) is 18.2 Å². The summed E-state index contributed by atoms with van der Waals surface area (Å²) in [6, 6.07) is 6.50. The number of aryl methyl sites for hydroxylation is 1. The molecule has 0 aliphatic heterocycles. The summed E-state index contributed by atoms with van der Waals surface area (Å²) >= 11 is 0. The van der Waals surface area contributed by atoms with Crippen LogP contribution in [0.2, 0.25) is 0 Å². The number of nitrogens with zero attached hydrogens (tertiary/aromatic N) is 3. The van der Waals surface area contributed by atoms with E-state index in [9.17, 15) is 19.7 Å². The third-order valence-corrected chi connectivity index (χ3v) is 3.57. The summed E-state index contributed by atoms with van der Waals surface area (Å²) in [7, 11) is 1.49. The third-order valence-electron chi connectivity index (χ3n) is 3.57. The van der Waals surface area contributed by atoms with Crippen LogP contribution < -0.4 is 10.6 Å². The molecule has 0 unspecified atom stereocenters. The molecule has 0 saturated heterocycles. The predicted molar refractivity (Wildman–Crippen MR) is 97.3 cm³/mol. The lowest BCUT2D eigenvalue weighted by Crippen LogP contribution is -2.18. The second kappa shape index (κ2) is 6.95. The highest BCUT2D eigenvalue weighted by molar-refractivity contribution is 6.06. The van der Waals surface area contributed by atoms with E-state index in [2.05, 4.69) is 15.7 Å². The molecule has 2 rings (SSSR count). The zero-order chi connectivity index (χ0) is 19.6. The van der Waals surface area contributed by atoms with E-state index in [1.54, 1.807) is 45.0 Å². The van der Waals surface area contributed by atoms with Gasteiger partial charge in [0, 0.05) is 30.8 Å². The SMILES string of the molecule is CC(=O)Nc1cccc(NC(=O)c2c([N+](=O)[O-])c(C(C)(C)C)nn2C)c1. The van der Waals surface area contributed by atoms with Gasteiger partial charge in [-0.1, -0.05) is 26.8 Å². The molecule has 9 heteroatoms. The van der Waals surface area contributed by atoms with Crippen LogP contribution in [0.1, 0.15) is 43.9 Å². The van der Waals surface area contributed by atoms with Gasteiger partial charge in [0.2, 0.25) is 11.6 Å². The highest BCUT2D eigenvalue weighted by atomic mass is 16.6. The number of hydrogen-bond donors (Lipinski definition) is 2. The smallest absolute Gasteiger partial charge is 0.323 e. The molecule has 2 amide bonds. The van der Waals surface area contributed by atoms with Gasteiger partial charge in [0.1, 0.15) is 5.69 Å². The molecule has 1 heterocycles. The standard InChI is InChI=1S/C17H21N5O4/c1-10(23)18-11-7-6-8-12(9-11)19-16(24)14-13(22(25)26)15(17(2,3)4)20-21(14)5/h6-9H,1-5H3,(H,18,23)(H,19,24). The Kier molecular flexibility index (Phi) is 5.10. The van der Waals surface area contributed by atoms with Crippen molar-refractivity contribution in [3.63, 3.8) is 0 Å². The minimum absolute atomic E-state index is 0.134. The molecule has 1 aromatic carbocycles. The van der Waals surface area contributed by atoms with Crippen LogP contribution in [-0.4, -0.2) is 26.5 Å². The number of hydrogen-bond acceptors (Lipinski definition) is 5. The van der Waals surface area contributed by atoms with Crippen LogP contribution in [-0.2, 0) is 17.3 Å². The molecule has 0 radical (unpaired) electrons. The predicted octanol–water partition coefficient (Wildman–Crippen LogP) is 2.84. The molecule has 0 atom stereocenters. The molecule has 2 aromatic rings. The molecule has 1 aromatic heterocycles. The van der Waals surface area contributed by atoms with E-state index in [1.807, 2.05) is 0 Å². The van der Waals surface area contributed by atoms with Crippen molar-refractivity contribution in [2.75, 3.05) is 10.6 Å². The molecule has 0 saturated carbocycles. The normalized spacial score (nSPS) is 11.1. The van der Waals surface area contributed by atoms with Crippen LogP contribution in [0.15, 0.2) is 24.3 Å². The summed E-state index contributed by atoms with van der Waals surface area (Å²) in [6.45, 7) is 6.75. The fourth-order valence-electron chi connectivity index (χ4n) is 2.51. The maximum atomic E-state index is 12.7. The largest absolute Gasteiger partial charge is 0.326 e. The summed E-state index contributed by atoms with van der Waals surface area (Å²) in [4.78, 5) is 34.8. The summed E-state index contributed by atoms with van der Waals surface area (Å²) in [5, 5.41) is 21.0.